The van der Waals surface area contributed by atoms with Crippen LogP contribution in [0.25, 0.3) is 33.6 Å². The fraction of sp³-hybridized carbons (Fsp3) is 0.367. The van der Waals surface area contributed by atoms with Crippen molar-refractivity contribution in [3.8, 4) is 0 Å². The number of anilines is 1. The van der Waals surface area contributed by atoms with Crippen LogP contribution < -0.4 is 10.9 Å². The number of nitrogens with zero attached hydrogens (tertiary/aromatic N) is 3. The van der Waals surface area contributed by atoms with E-state index in [1.807, 2.05) is 18.2 Å². The lowest BCUT2D eigenvalue weighted by Gasteiger charge is -2.39. The minimum atomic E-state index is -1.49. The van der Waals surface area contributed by atoms with E-state index in [0.29, 0.717) is 17.5 Å². The Kier molecular flexibility index (Phi) is 5.70. The Hall–Kier alpha value is -3.91. The Morgan fingerprint density at radius 1 is 1.14 bits per heavy atom. The second kappa shape index (κ2) is 9.30. The number of aromatic nitrogens is 4. The predicted molar refractivity (Wildman–Crippen MR) is 152 cm³/mol. The van der Waals surface area contributed by atoms with Crippen LogP contribution in [0.15, 0.2) is 41.5 Å². The summed E-state index contributed by atoms with van der Waals surface area (Å²) in [6.07, 6.45) is 2.96. The number of imidazole rings is 1. The van der Waals surface area contributed by atoms with Crippen LogP contribution >= 0.6 is 0 Å². The van der Waals surface area contributed by atoms with Crippen molar-refractivity contribution in [2.24, 2.45) is 0 Å². The van der Waals surface area contributed by atoms with Crippen molar-refractivity contribution in [1.29, 1.82) is 0 Å². The zero-order valence-corrected chi connectivity index (χ0v) is 22.3. The van der Waals surface area contributed by atoms with Gasteiger partial charge in [0, 0.05) is 6.42 Å². The van der Waals surface area contributed by atoms with Gasteiger partial charge in [-0.1, -0.05) is 36.4 Å². The molecule has 4 aliphatic rings. The maximum atomic E-state index is 13.1. The molecule has 12 heteroatoms. The summed E-state index contributed by atoms with van der Waals surface area (Å²) in [4.78, 5) is 24.5. The van der Waals surface area contributed by atoms with Crippen LogP contribution in [0.5, 0.6) is 0 Å². The van der Waals surface area contributed by atoms with Crippen molar-refractivity contribution in [2.45, 2.75) is 62.1 Å². The molecule has 4 aromatic rings. The number of hydrogen-bond donors (Lipinski definition) is 7. The zero-order valence-electron chi connectivity index (χ0n) is 22.3. The van der Waals surface area contributed by atoms with Crippen LogP contribution in [0.3, 0.4) is 0 Å². The van der Waals surface area contributed by atoms with Crippen LogP contribution in [0.2, 0.25) is 0 Å². The summed E-state index contributed by atoms with van der Waals surface area (Å²) >= 11 is 0. The third kappa shape index (κ3) is 3.60. The molecule has 2 aromatic heterocycles. The second-order valence-corrected chi connectivity index (χ2v) is 11.4. The Bertz CT molecular complexity index is 1890. The van der Waals surface area contributed by atoms with E-state index in [2.05, 4.69) is 38.5 Å². The molecule has 8 rings (SSSR count). The highest BCUT2D eigenvalue weighted by atomic mass is 16.6. The Balaban J connectivity index is 1.27. The molecule has 0 saturated carbocycles. The van der Waals surface area contributed by atoms with Gasteiger partial charge in [-0.2, -0.15) is 4.98 Å². The number of aromatic amines is 1. The highest BCUT2D eigenvalue weighted by Gasteiger charge is 2.43. The van der Waals surface area contributed by atoms with Crippen molar-refractivity contribution in [2.75, 3.05) is 11.9 Å². The molecule has 0 bridgehead atoms. The number of rotatable bonds is 4. The Morgan fingerprint density at radius 3 is 2.81 bits per heavy atom. The molecular weight excluding hydrogens is 547 g/mol. The second-order valence-electron chi connectivity index (χ2n) is 11.4. The first-order valence-corrected chi connectivity index (χ1v) is 14.0. The van der Waals surface area contributed by atoms with Gasteiger partial charge in [0.15, 0.2) is 11.2 Å². The summed E-state index contributed by atoms with van der Waals surface area (Å²) < 4.78 is 7.28. The number of nitrogens with one attached hydrogen (secondary N) is 2. The number of fused-ring (bicyclic) bond motifs is 3. The fourth-order valence-corrected chi connectivity index (χ4v) is 7.04. The lowest BCUT2D eigenvalue weighted by Crippen LogP contribution is -2.45. The van der Waals surface area contributed by atoms with Crippen molar-refractivity contribution in [1.82, 2.24) is 19.5 Å². The van der Waals surface area contributed by atoms with E-state index in [1.54, 1.807) is 0 Å². The van der Waals surface area contributed by atoms with Gasteiger partial charge in [0.1, 0.15) is 30.6 Å². The van der Waals surface area contributed by atoms with Gasteiger partial charge in [-0.15, -0.1) is 0 Å². The van der Waals surface area contributed by atoms with Crippen LogP contribution in [-0.2, 0) is 11.2 Å². The number of aliphatic hydroxyl groups excluding tert-OH is 5. The average molecular weight is 577 g/mol. The monoisotopic (exact) mass is 576 g/mol. The molecule has 1 saturated heterocycles. The average Bonchev–Trinajstić information content (AvgIpc) is 3.59. The topological polar surface area (TPSA) is 186 Å². The number of aliphatic hydroxyl groups is 5. The lowest BCUT2D eigenvalue weighted by atomic mass is 9.74. The van der Waals surface area contributed by atoms with Gasteiger partial charge in [0.25, 0.3) is 5.56 Å². The largest absolute Gasteiger partial charge is 0.394 e. The summed E-state index contributed by atoms with van der Waals surface area (Å²) in [6, 6.07) is 4.99. The van der Waals surface area contributed by atoms with Crippen LogP contribution in [0.4, 0.5) is 5.95 Å². The molecule has 7 atom stereocenters. The summed E-state index contributed by atoms with van der Waals surface area (Å²) in [6.45, 7) is -0.356. The molecule has 2 aromatic carbocycles. The normalized spacial score (nSPS) is 29.6. The van der Waals surface area contributed by atoms with Crippen molar-refractivity contribution >= 4 is 39.5 Å². The maximum absolute atomic E-state index is 13.1. The van der Waals surface area contributed by atoms with Gasteiger partial charge in [-0.3, -0.25) is 14.3 Å². The van der Waals surface area contributed by atoms with Crippen molar-refractivity contribution < 1.29 is 30.3 Å². The predicted octanol–water partition coefficient (Wildman–Crippen LogP) is 1.19. The van der Waals surface area contributed by atoms with Gasteiger partial charge < -0.3 is 35.6 Å². The van der Waals surface area contributed by atoms with Crippen LogP contribution in [0, 0.1) is 0 Å². The standard InChI is InChI=1S/C30H29N5O7/c36-10-18-17(37)9-19(42-18)35-11-31-24-28(35)33-30(34-29(24)41)32-23-22-15-7-6-13-3-1-2-12-4-5-14(21(15)20(12)13)8-16(22)25(38)27(40)26(23)39/h1,3-4,6-8,11,17-19,23,25-27,36-40H,2,5,9-10H2,(H2,32,33,34,41)/t17-,18+,19+,23-,25+,26+,27-/m0/s1/i31+1,32+1,33+1,34+1,35+1. The highest BCUT2D eigenvalue weighted by molar-refractivity contribution is 6.04. The summed E-state index contributed by atoms with van der Waals surface area (Å²) in [5, 5.41) is 58.1. The molecule has 216 valence electrons. The number of ether oxygens (including phenoxy) is 1. The van der Waals surface area contributed by atoms with Crippen LogP contribution in [0.1, 0.15) is 59.0 Å². The van der Waals surface area contributed by atoms with Crippen molar-refractivity contribution in [3.05, 3.63) is 74.8 Å². The van der Waals surface area contributed by atoms with E-state index in [1.165, 1.54) is 16.5 Å². The van der Waals surface area contributed by atoms with Gasteiger partial charge in [0.05, 0.1) is 25.1 Å². The Morgan fingerprint density at radius 2 is 2.00 bits per heavy atom. The molecule has 12 nitrogen and oxygen atoms in total. The van der Waals surface area contributed by atoms with E-state index in [-0.39, 0.29) is 30.1 Å². The lowest BCUT2D eigenvalue weighted by molar-refractivity contribution is -0.0767. The van der Waals surface area contributed by atoms with E-state index in [0.717, 1.165) is 33.9 Å². The minimum absolute atomic E-state index is 0.0240. The molecule has 0 amide bonds. The molecule has 7 N–H and O–H groups in total. The SMILES string of the molecule is O=c1[15nH]c([15NH][C@H]2c3c(cc4c5c6c(ccc35)C=CCC6=CC4)[C@@H](O)[C@H](O)[C@@H]2O)[15n]c2c1[15n]c[15n]2[C@H]1C[C@H](O)[C@@H](CO)O1. The van der Waals surface area contributed by atoms with Crippen LogP contribution in [-0.4, -0.2) is 76.1 Å². The smallest absolute Gasteiger partial charge is 0.280 e. The number of benzene rings is 2. The number of hydrogen-bond acceptors (Lipinski definition) is 10. The highest BCUT2D eigenvalue weighted by Crippen LogP contribution is 2.48. The first kappa shape index (κ1) is 25.8. The van der Waals surface area contributed by atoms with E-state index in [4.69, 9.17) is 4.74 Å². The molecular formula is C30H29N5O7. The summed E-state index contributed by atoms with van der Waals surface area (Å²) in [5.74, 6) is 0.0240. The fourth-order valence-electron chi connectivity index (χ4n) is 7.04. The molecule has 3 aliphatic carbocycles. The quantitative estimate of drug-likeness (QED) is 0.174. The third-order valence-electron chi connectivity index (χ3n) is 9.08. The van der Waals surface area contributed by atoms with E-state index < -0.39 is 48.3 Å². The maximum Gasteiger partial charge on any atom is 0.280 e. The first-order chi connectivity index (χ1) is 20.3. The molecule has 1 fully saturated rings. The van der Waals surface area contributed by atoms with E-state index in [9.17, 15) is 30.3 Å². The first-order valence-electron chi connectivity index (χ1n) is 14.0. The molecule has 0 radical (unpaired) electrons. The molecule has 42 heavy (non-hydrogen) atoms. The third-order valence-corrected chi connectivity index (χ3v) is 9.08. The molecule has 3 heterocycles. The van der Waals surface area contributed by atoms with E-state index >= 15 is 0 Å². The number of allylic oxidation sites excluding steroid dienone is 3. The molecule has 0 spiro atoms. The van der Waals surface area contributed by atoms with Gasteiger partial charge in [-0.05, 0) is 57.0 Å². The van der Waals surface area contributed by atoms with Gasteiger partial charge >= 0.3 is 0 Å². The zero-order chi connectivity index (χ0) is 28.9. The minimum Gasteiger partial charge on any atom is -0.394 e. The van der Waals surface area contributed by atoms with Gasteiger partial charge in [0.2, 0.25) is 5.95 Å². The number of H-pyrrole nitrogens is 1. The Labute approximate surface area is 238 Å². The molecule has 1 aliphatic heterocycles. The summed E-state index contributed by atoms with van der Waals surface area (Å²) in [7, 11) is 0. The van der Waals surface area contributed by atoms with Crippen molar-refractivity contribution in [3.63, 3.8) is 0 Å². The van der Waals surface area contributed by atoms with Gasteiger partial charge in [-0.25, -0.2) is 4.98 Å². The molecule has 0 unspecified atom stereocenters. The summed E-state index contributed by atoms with van der Waals surface area (Å²) in [5.41, 5.74) is 5.37.